The molecular weight excluding hydrogens is 226 g/mol. The molecule has 0 spiro atoms. The average Bonchev–Trinajstić information content (AvgIpc) is 2.70. The number of aryl methyl sites for hydroxylation is 1. The molecule has 96 valence electrons. The molecule has 0 bridgehead atoms. The van der Waals surface area contributed by atoms with Crippen LogP contribution in [0.3, 0.4) is 0 Å². The van der Waals surface area contributed by atoms with Gasteiger partial charge >= 0.3 is 0 Å². The molecule has 1 fully saturated rings. The highest BCUT2D eigenvalue weighted by Crippen LogP contribution is 2.50. The normalized spacial score (nSPS) is 22.1. The number of rotatable bonds is 6. The molecule has 1 aromatic heterocycles. The zero-order valence-corrected chi connectivity index (χ0v) is 10.2. The van der Waals surface area contributed by atoms with Crippen LogP contribution in [0.25, 0.3) is 0 Å². The van der Waals surface area contributed by atoms with E-state index in [0.29, 0.717) is 19.5 Å². The lowest BCUT2D eigenvalue weighted by molar-refractivity contribution is 0.0943. The number of hydrogen-bond acceptors (Lipinski definition) is 3. The maximum Gasteiger partial charge on any atom is 0.251 e. The van der Waals surface area contributed by atoms with Crippen LogP contribution in [0.4, 0.5) is 8.78 Å². The largest absolute Gasteiger partial charge is 0.317 e. The Labute approximate surface area is 99.6 Å². The van der Waals surface area contributed by atoms with Crippen LogP contribution in [0.2, 0.25) is 0 Å². The van der Waals surface area contributed by atoms with Gasteiger partial charge in [-0.3, -0.25) is 4.90 Å². The third-order valence-corrected chi connectivity index (χ3v) is 3.26. The molecule has 0 saturated heterocycles. The van der Waals surface area contributed by atoms with Gasteiger partial charge in [0.05, 0.1) is 6.54 Å². The summed E-state index contributed by atoms with van der Waals surface area (Å²) in [5.41, 5.74) is 0. The van der Waals surface area contributed by atoms with E-state index in [1.54, 1.807) is 6.33 Å². The van der Waals surface area contributed by atoms with Gasteiger partial charge in [-0.25, -0.2) is 8.78 Å². The van der Waals surface area contributed by atoms with E-state index < -0.39 is 11.8 Å². The number of hydrogen-bond donors (Lipinski definition) is 0. The minimum absolute atomic E-state index is 0.0615. The highest BCUT2D eigenvalue weighted by Gasteiger charge is 2.55. The Morgan fingerprint density at radius 2 is 2.29 bits per heavy atom. The van der Waals surface area contributed by atoms with Crippen molar-refractivity contribution in [3.8, 4) is 0 Å². The lowest BCUT2D eigenvalue weighted by atomic mass is 10.2. The highest BCUT2D eigenvalue weighted by atomic mass is 19.3. The molecule has 1 aromatic rings. The van der Waals surface area contributed by atoms with Gasteiger partial charge in [0.15, 0.2) is 0 Å². The molecule has 1 aliphatic rings. The number of alkyl halides is 2. The van der Waals surface area contributed by atoms with Gasteiger partial charge < -0.3 is 4.57 Å². The molecule has 1 aliphatic carbocycles. The predicted octanol–water partition coefficient (Wildman–Crippen LogP) is 1.78. The summed E-state index contributed by atoms with van der Waals surface area (Å²) in [6.45, 7) is 4.19. The van der Waals surface area contributed by atoms with Crippen molar-refractivity contribution in [1.82, 2.24) is 19.7 Å². The van der Waals surface area contributed by atoms with Crippen LogP contribution in [0, 0.1) is 5.92 Å². The van der Waals surface area contributed by atoms with Gasteiger partial charge in [0.1, 0.15) is 12.2 Å². The van der Waals surface area contributed by atoms with Crippen molar-refractivity contribution in [3.05, 3.63) is 12.2 Å². The summed E-state index contributed by atoms with van der Waals surface area (Å²) in [6, 6.07) is 0. The molecule has 1 heterocycles. The Bertz CT molecular complexity index is 377. The summed E-state index contributed by atoms with van der Waals surface area (Å²) in [5, 5.41) is 7.86. The minimum atomic E-state index is -2.40. The van der Waals surface area contributed by atoms with Gasteiger partial charge in [0.2, 0.25) is 0 Å². The van der Waals surface area contributed by atoms with E-state index in [-0.39, 0.29) is 6.42 Å². The van der Waals surface area contributed by atoms with Crippen LogP contribution in [-0.2, 0) is 13.1 Å². The predicted molar refractivity (Wildman–Crippen MR) is 59.7 cm³/mol. The molecule has 0 unspecified atom stereocenters. The molecule has 0 aliphatic heterocycles. The summed E-state index contributed by atoms with van der Waals surface area (Å²) >= 11 is 0. The molecule has 0 amide bonds. The van der Waals surface area contributed by atoms with Crippen LogP contribution in [0.1, 0.15) is 25.6 Å². The summed E-state index contributed by atoms with van der Waals surface area (Å²) < 4.78 is 27.4. The third kappa shape index (κ3) is 3.00. The summed E-state index contributed by atoms with van der Waals surface area (Å²) in [5.74, 6) is -1.92. The van der Waals surface area contributed by atoms with Crippen LogP contribution in [0.15, 0.2) is 6.33 Å². The molecule has 2 rings (SSSR count). The maximum atomic E-state index is 12.7. The van der Waals surface area contributed by atoms with Crippen LogP contribution in [0.5, 0.6) is 0 Å². The highest BCUT2D eigenvalue weighted by molar-refractivity contribution is 4.95. The molecule has 0 aromatic carbocycles. The first kappa shape index (κ1) is 12.4. The average molecular weight is 244 g/mol. The van der Waals surface area contributed by atoms with Gasteiger partial charge in [-0.05, 0) is 26.9 Å². The van der Waals surface area contributed by atoms with Crippen molar-refractivity contribution < 1.29 is 8.78 Å². The van der Waals surface area contributed by atoms with E-state index in [1.165, 1.54) is 0 Å². The number of halogens is 2. The molecule has 1 saturated carbocycles. The summed E-state index contributed by atoms with van der Waals surface area (Å²) in [7, 11) is 1.93. The Balaban J connectivity index is 1.76. The van der Waals surface area contributed by atoms with E-state index in [4.69, 9.17) is 0 Å². The molecule has 6 heteroatoms. The van der Waals surface area contributed by atoms with E-state index in [2.05, 4.69) is 10.2 Å². The van der Waals surface area contributed by atoms with Crippen molar-refractivity contribution in [3.63, 3.8) is 0 Å². The van der Waals surface area contributed by atoms with Crippen molar-refractivity contribution >= 4 is 0 Å². The van der Waals surface area contributed by atoms with Crippen molar-refractivity contribution in [2.75, 3.05) is 13.6 Å². The molecule has 17 heavy (non-hydrogen) atoms. The van der Waals surface area contributed by atoms with Crippen molar-refractivity contribution in [2.24, 2.45) is 5.92 Å². The first-order chi connectivity index (χ1) is 8.03. The fourth-order valence-corrected chi connectivity index (χ4v) is 1.95. The first-order valence-electron chi connectivity index (χ1n) is 5.96. The second-order valence-corrected chi connectivity index (χ2v) is 4.72. The Hall–Kier alpha value is -1.04. The van der Waals surface area contributed by atoms with Crippen molar-refractivity contribution in [1.29, 1.82) is 0 Å². The van der Waals surface area contributed by atoms with Crippen molar-refractivity contribution in [2.45, 2.75) is 38.8 Å². The summed E-state index contributed by atoms with van der Waals surface area (Å²) in [6.07, 6.45) is 2.31. The fraction of sp³-hybridized carbons (Fsp3) is 0.818. The topological polar surface area (TPSA) is 34.0 Å². The zero-order valence-electron chi connectivity index (χ0n) is 10.2. The second kappa shape index (κ2) is 4.68. The van der Waals surface area contributed by atoms with E-state index in [1.807, 2.05) is 23.4 Å². The zero-order chi connectivity index (χ0) is 12.5. The van der Waals surface area contributed by atoms with Gasteiger partial charge in [-0.1, -0.05) is 0 Å². The van der Waals surface area contributed by atoms with E-state index in [0.717, 1.165) is 12.4 Å². The fourth-order valence-electron chi connectivity index (χ4n) is 1.95. The number of aromatic nitrogens is 3. The minimum Gasteiger partial charge on any atom is -0.317 e. The Morgan fingerprint density at radius 3 is 2.88 bits per heavy atom. The standard InChI is InChI=1S/C11H18F2N4/c1-3-17-8-14-15-10(17)7-16(2)5-4-9-6-11(9,12)13/h8-9H,3-7H2,1-2H3/t9-/m0/s1. The third-order valence-electron chi connectivity index (χ3n) is 3.26. The van der Waals surface area contributed by atoms with E-state index in [9.17, 15) is 8.78 Å². The maximum absolute atomic E-state index is 12.7. The monoisotopic (exact) mass is 244 g/mol. The van der Waals surface area contributed by atoms with Crippen LogP contribution >= 0.6 is 0 Å². The number of nitrogens with zero attached hydrogens (tertiary/aromatic N) is 4. The van der Waals surface area contributed by atoms with Gasteiger partial charge in [0.25, 0.3) is 5.92 Å². The molecular formula is C11H18F2N4. The lowest BCUT2D eigenvalue weighted by Gasteiger charge is -2.15. The quantitative estimate of drug-likeness (QED) is 0.765. The van der Waals surface area contributed by atoms with Gasteiger partial charge in [-0.2, -0.15) is 0 Å². The SMILES string of the molecule is CCn1cnnc1CN(C)CC[C@H]1CC1(F)F. The van der Waals surface area contributed by atoms with E-state index >= 15 is 0 Å². The molecule has 4 nitrogen and oxygen atoms in total. The van der Waals surface area contributed by atoms with Gasteiger partial charge in [0, 0.05) is 18.9 Å². The molecule has 1 atom stereocenters. The first-order valence-corrected chi connectivity index (χ1v) is 5.96. The lowest BCUT2D eigenvalue weighted by Crippen LogP contribution is -2.22. The van der Waals surface area contributed by atoms with Crippen LogP contribution < -0.4 is 0 Å². The molecule has 0 radical (unpaired) electrons. The molecule has 0 N–H and O–H groups in total. The summed E-state index contributed by atoms with van der Waals surface area (Å²) in [4.78, 5) is 2.02. The Kier molecular flexibility index (Phi) is 3.42. The smallest absolute Gasteiger partial charge is 0.251 e. The Morgan fingerprint density at radius 1 is 1.59 bits per heavy atom. The van der Waals surface area contributed by atoms with Crippen LogP contribution in [-0.4, -0.2) is 39.2 Å². The second-order valence-electron chi connectivity index (χ2n) is 4.72. The van der Waals surface area contributed by atoms with Gasteiger partial charge in [-0.15, -0.1) is 10.2 Å².